The number of thioether (sulfide) groups is 1. The van der Waals surface area contributed by atoms with Gasteiger partial charge < -0.3 is 4.57 Å². The third-order valence-corrected chi connectivity index (χ3v) is 5.61. The van der Waals surface area contributed by atoms with E-state index in [9.17, 15) is 0 Å². The van der Waals surface area contributed by atoms with Gasteiger partial charge in [-0.1, -0.05) is 36.9 Å². The molecule has 2 heterocycles. The molecule has 3 rings (SSSR count). The van der Waals surface area contributed by atoms with E-state index in [1.165, 1.54) is 22.6 Å². The number of aliphatic imine (C=N–C) groups is 1. The van der Waals surface area contributed by atoms with Gasteiger partial charge in [0.05, 0.1) is 5.71 Å². The molecule has 1 aromatic heterocycles. The summed E-state index contributed by atoms with van der Waals surface area (Å²) in [4.78, 5) is 4.75. The molecule has 0 N–H and O–H groups in total. The van der Waals surface area contributed by atoms with Crippen LogP contribution in [0.5, 0.6) is 0 Å². The van der Waals surface area contributed by atoms with Crippen LogP contribution in [-0.2, 0) is 0 Å². The van der Waals surface area contributed by atoms with Crippen molar-refractivity contribution in [3.63, 3.8) is 0 Å². The molecule has 1 aliphatic rings. The largest absolute Gasteiger partial charge is 0.318 e. The van der Waals surface area contributed by atoms with Crippen LogP contribution >= 0.6 is 11.8 Å². The second-order valence-corrected chi connectivity index (χ2v) is 7.43. The number of amidine groups is 1. The number of aryl methyl sites for hydroxylation is 1. The Morgan fingerprint density at radius 2 is 1.96 bits per heavy atom. The van der Waals surface area contributed by atoms with Crippen LogP contribution in [-0.4, -0.2) is 39.3 Å². The number of aromatic nitrogens is 1. The van der Waals surface area contributed by atoms with Crippen molar-refractivity contribution in [2.45, 2.75) is 40.2 Å². The van der Waals surface area contributed by atoms with E-state index in [1.54, 1.807) is 11.8 Å². The highest BCUT2D eigenvalue weighted by molar-refractivity contribution is 8.14. The van der Waals surface area contributed by atoms with Crippen molar-refractivity contribution in [3.05, 3.63) is 53.3 Å². The van der Waals surface area contributed by atoms with E-state index in [-0.39, 0.29) is 0 Å². The number of hydrazone groups is 1. The average molecular weight is 355 g/mol. The highest BCUT2D eigenvalue weighted by atomic mass is 32.2. The van der Waals surface area contributed by atoms with Crippen LogP contribution in [0.3, 0.4) is 0 Å². The van der Waals surface area contributed by atoms with Crippen molar-refractivity contribution in [2.75, 3.05) is 12.8 Å². The first kappa shape index (κ1) is 17.8. The van der Waals surface area contributed by atoms with Gasteiger partial charge in [-0.05, 0) is 45.4 Å². The second-order valence-electron chi connectivity index (χ2n) is 6.48. The summed E-state index contributed by atoms with van der Waals surface area (Å²) in [6.45, 7) is 8.63. The SMILES string of the molecule is CC[C@@H](C)N=C1SCC(c2cc(C)n(-c3ccccc3)c2C)=NN1C. The average Bonchev–Trinajstić information content (AvgIpc) is 2.91. The van der Waals surface area contributed by atoms with Crippen molar-refractivity contribution in [1.82, 2.24) is 9.58 Å². The van der Waals surface area contributed by atoms with Gasteiger partial charge in [-0.15, -0.1) is 0 Å². The molecule has 4 nitrogen and oxygen atoms in total. The molecule has 0 saturated heterocycles. The Balaban J connectivity index is 1.94. The molecule has 0 radical (unpaired) electrons. The Bertz CT molecular complexity index is 805. The molecule has 0 unspecified atom stereocenters. The molecular formula is C20H26N4S. The zero-order chi connectivity index (χ0) is 18.0. The van der Waals surface area contributed by atoms with Gasteiger partial charge in [0, 0.05) is 41.5 Å². The molecule has 1 aliphatic heterocycles. The molecule has 25 heavy (non-hydrogen) atoms. The molecule has 0 amide bonds. The summed E-state index contributed by atoms with van der Waals surface area (Å²) < 4.78 is 2.30. The number of hydrogen-bond acceptors (Lipinski definition) is 3. The van der Waals surface area contributed by atoms with Gasteiger partial charge in [0.25, 0.3) is 0 Å². The Labute approximate surface area is 154 Å². The lowest BCUT2D eigenvalue weighted by Gasteiger charge is -2.23. The molecular weight excluding hydrogens is 328 g/mol. The predicted molar refractivity (Wildman–Crippen MR) is 109 cm³/mol. The van der Waals surface area contributed by atoms with Crippen LogP contribution in [0, 0.1) is 13.8 Å². The maximum absolute atomic E-state index is 4.82. The summed E-state index contributed by atoms with van der Waals surface area (Å²) in [6, 6.07) is 13.1. The normalized spacial score (nSPS) is 17.7. The van der Waals surface area contributed by atoms with Gasteiger partial charge >= 0.3 is 0 Å². The fourth-order valence-electron chi connectivity index (χ4n) is 3.04. The summed E-state index contributed by atoms with van der Waals surface area (Å²) in [5.41, 5.74) is 6.00. The second kappa shape index (κ2) is 7.48. The molecule has 0 spiro atoms. The minimum atomic E-state index is 0.338. The van der Waals surface area contributed by atoms with Crippen molar-refractivity contribution in [2.24, 2.45) is 10.1 Å². The van der Waals surface area contributed by atoms with Crippen LogP contribution < -0.4 is 0 Å². The standard InChI is InChI=1S/C20H26N4S/c1-6-14(2)21-20-23(5)22-19(13-25-20)18-12-15(3)24(16(18)4)17-10-8-7-9-11-17/h7-12,14H,6,13H2,1-5H3/t14-/m1/s1. The van der Waals surface area contributed by atoms with Crippen molar-refractivity contribution < 1.29 is 0 Å². The maximum atomic E-state index is 4.82. The Morgan fingerprint density at radius 1 is 1.24 bits per heavy atom. The fraction of sp³-hybridized carbons (Fsp3) is 0.400. The third-order valence-electron chi connectivity index (χ3n) is 4.56. The fourth-order valence-corrected chi connectivity index (χ4v) is 4.00. The first-order chi connectivity index (χ1) is 12.0. The molecule has 0 bridgehead atoms. The first-order valence-corrected chi connectivity index (χ1v) is 9.76. The van der Waals surface area contributed by atoms with Crippen LogP contribution in [0.25, 0.3) is 5.69 Å². The number of rotatable bonds is 4. The summed E-state index contributed by atoms with van der Waals surface area (Å²) in [5, 5.41) is 7.75. The molecule has 0 fully saturated rings. The van der Waals surface area contributed by atoms with E-state index >= 15 is 0 Å². The summed E-state index contributed by atoms with van der Waals surface area (Å²) >= 11 is 1.77. The summed E-state index contributed by atoms with van der Waals surface area (Å²) in [7, 11) is 1.99. The van der Waals surface area contributed by atoms with Crippen LogP contribution in [0.1, 0.15) is 37.2 Å². The zero-order valence-corrected chi connectivity index (χ0v) is 16.5. The minimum Gasteiger partial charge on any atom is -0.318 e. The highest BCUT2D eigenvalue weighted by Gasteiger charge is 2.22. The number of nitrogens with zero attached hydrogens (tertiary/aromatic N) is 4. The highest BCUT2D eigenvalue weighted by Crippen LogP contribution is 2.26. The van der Waals surface area contributed by atoms with E-state index in [1.807, 2.05) is 18.1 Å². The first-order valence-electron chi connectivity index (χ1n) is 8.77. The number of para-hydroxylation sites is 1. The topological polar surface area (TPSA) is 32.9 Å². The zero-order valence-electron chi connectivity index (χ0n) is 15.7. The van der Waals surface area contributed by atoms with Gasteiger partial charge in [-0.3, -0.25) is 4.99 Å². The van der Waals surface area contributed by atoms with Crippen molar-refractivity contribution in [1.29, 1.82) is 0 Å². The number of benzene rings is 1. The molecule has 0 saturated carbocycles. The Hall–Kier alpha value is -2.01. The minimum absolute atomic E-state index is 0.338. The van der Waals surface area contributed by atoms with Crippen molar-refractivity contribution >= 4 is 22.6 Å². The summed E-state index contributed by atoms with van der Waals surface area (Å²) in [6.07, 6.45) is 1.05. The van der Waals surface area contributed by atoms with E-state index in [4.69, 9.17) is 10.1 Å². The van der Waals surface area contributed by atoms with Crippen LogP contribution in [0.2, 0.25) is 0 Å². The van der Waals surface area contributed by atoms with E-state index in [2.05, 4.69) is 62.6 Å². The molecule has 0 aliphatic carbocycles. The van der Waals surface area contributed by atoms with Gasteiger partial charge in [-0.25, -0.2) is 5.01 Å². The smallest absolute Gasteiger partial charge is 0.180 e. The molecule has 132 valence electrons. The number of hydrogen-bond donors (Lipinski definition) is 0. The molecule has 1 atom stereocenters. The lowest BCUT2D eigenvalue weighted by atomic mass is 10.1. The van der Waals surface area contributed by atoms with Crippen LogP contribution in [0.4, 0.5) is 0 Å². The van der Waals surface area contributed by atoms with Gasteiger partial charge in [-0.2, -0.15) is 5.10 Å². The molecule has 1 aromatic carbocycles. The van der Waals surface area contributed by atoms with E-state index in [0.717, 1.165) is 23.1 Å². The molecule has 5 heteroatoms. The lowest BCUT2D eigenvalue weighted by molar-refractivity contribution is 0.543. The Morgan fingerprint density at radius 3 is 2.60 bits per heavy atom. The van der Waals surface area contributed by atoms with Crippen LogP contribution in [0.15, 0.2) is 46.5 Å². The molecule has 2 aromatic rings. The third kappa shape index (κ3) is 3.66. The van der Waals surface area contributed by atoms with Crippen molar-refractivity contribution in [3.8, 4) is 5.69 Å². The summed E-state index contributed by atoms with van der Waals surface area (Å²) in [5.74, 6) is 0.860. The van der Waals surface area contributed by atoms with Gasteiger partial charge in [0.15, 0.2) is 5.17 Å². The monoisotopic (exact) mass is 354 g/mol. The van der Waals surface area contributed by atoms with Gasteiger partial charge in [0.1, 0.15) is 0 Å². The quantitative estimate of drug-likeness (QED) is 0.802. The van der Waals surface area contributed by atoms with Gasteiger partial charge in [0.2, 0.25) is 0 Å². The lowest BCUT2D eigenvalue weighted by Crippen LogP contribution is -2.29. The maximum Gasteiger partial charge on any atom is 0.180 e. The van der Waals surface area contributed by atoms with E-state index < -0.39 is 0 Å². The van der Waals surface area contributed by atoms with E-state index in [0.29, 0.717) is 6.04 Å². The predicted octanol–water partition coefficient (Wildman–Crippen LogP) is 4.63. The Kier molecular flexibility index (Phi) is 5.33.